The normalized spacial score (nSPS) is 13.6. The monoisotopic (exact) mass is 373 g/mol. The summed E-state index contributed by atoms with van der Waals surface area (Å²) in [6.07, 6.45) is 0.534. The minimum Gasteiger partial charge on any atom is -0.481 e. The number of sulfonamides is 1. The van der Waals surface area contributed by atoms with Gasteiger partial charge in [-0.3, -0.25) is 4.79 Å². The summed E-state index contributed by atoms with van der Waals surface area (Å²) in [4.78, 5) is 10.8. The molecule has 5 nitrogen and oxygen atoms in total. The van der Waals surface area contributed by atoms with Crippen LogP contribution in [-0.2, 0) is 14.8 Å². The van der Waals surface area contributed by atoms with E-state index in [1.165, 1.54) is 6.07 Å². The van der Waals surface area contributed by atoms with Crippen LogP contribution in [0.25, 0.3) is 0 Å². The van der Waals surface area contributed by atoms with Crippen LogP contribution in [0.3, 0.4) is 0 Å². The van der Waals surface area contributed by atoms with Crippen molar-refractivity contribution in [3.05, 3.63) is 14.7 Å². The summed E-state index contributed by atoms with van der Waals surface area (Å²) in [6.45, 7) is 3.97. The maximum atomic E-state index is 12.1. The lowest BCUT2D eigenvalue weighted by Crippen LogP contribution is -2.31. The van der Waals surface area contributed by atoms with Gasteiger partial charge >= 0.3 is 5.97 Å². The fraction of sp³-hybridized carbons (Fsp3) is 0.583. The summed E-state index contributed by atoms with van der Waals surface area (Å²) in [7, 11) is -3.79. The van der Waals surface area contributed by atoms with Gasteiger partial charge in [-0.2, -0.15) is 0 Å². The van der Waals surface area contributed by atoms with Gasteiger partial charge < -0.3 is 5.11 Å². The predicted octanol–water partition coefficient (Wildman–Crippen LogP) is 3.47. The van der Waals surface area contributed by atoms with Gasteiger partial charge in [0, 0.05) is 13.0 Å². The minimum absolute atomic E-state index is 0.0522. The van der Waals surface area contributed by atoms with Crippen molar-refractivity contribution in [3.8, 4) is 0 Å². The Hall–Kier alpha value is -0.340. The molecule has 1 aromatic rings. The standard InChI is InChI=1S/C12H17Cl2NO4S2/c1-7(2)3-8(4-11(16)17)6-15-21(18,19)9-5-10(13)20-12(9)14/h5,7-8,15H,3-4,6H2,1-2H3,(H,16,17)/t8-/m0/s1. The van der Waals surface area contributed by atoms with Gasteiger partial charge in [0.15, 0.2) is 0 Å². The molecule has 0 spiro atoms. The van der Waals surface area contributed by atoms with Crippen LogP contribution in [0.5, 0.6) is 0 Å². The first kappa shape index (κ1) is 18.7. The van der Waals surface area contributed by atoms with E-state index in [4.69, 9.17) is 28.3 Å². The maximum Gasteiger partial charge on any atom is 0.303 e. The number of hydrogen-bond donors (Lipinski definition) is 2. The van der Waals surface area contributed by atoms with Gasteiger partial charge in [0.05, 0.1) is 4.34 Å². The second-order valence-electron chi connectivity index (χ2n) is 5.13. The van der Waals surface area contributed by atoms with Crippen LogP contribution in [0, 0.1) is 11.8 Å². The molecule has 120 valence electrons. The molecule has 0 radical (unpaired) electrons. The van der Waals surface area contributed by atoms with E-state index < -0.39 is 16.0 Å². The Balaban J connectivity index is 2.78. The average molecular weight is 374 g/mol. The molecule has 1 rings (SSSR count). The Bertz CT molecular complexity index is 598. The maximum absolute atomic E-state index is 12.1. The lowest BCUT2D eigenvalue weighted by Gasteiger charge is -2.17. The molecule has 9 heteroatoms. The number of carbonyl (C=O) groups is 1. The Morgan fingerprint density at radius 2 is 2.05 bits per heavy atom. The molecule has 0 aliphatic heterocycles. The SMILES string of the molecule is CC(C)C[C@H](CNS(=O)(=O)c1cc(Cl)sc1Cl)CC(=O)O. The number of carboxylic acids is 1. The Kier molecular flexibility index (Phi) is 6.93. The Morgan fingerprint density at radius 3 is 2.48 bits per heavy atom. The van der Waals surface area contributed by atoms with Crippen molar-refractivity contribution in [3.63, 3.8) is 0 Å². The van der Waals surface area contributed by atoms with Crippen molar-refractivity contribution in [2.75, 3.05) is 6.54 Å². The molecule has 1 aromatic heterocycles. The lowest BCUT2D eigenvalue weighted by molar-refractivity contribution is -0.138. The van der Waals surface area contributed by atoms with Crippen LogP contribution < -0.4 is 4.72 Å². The van der Waals surface area contributed by atoms with Crippen molar-refractivity contribution in [1.29, 1.82) is 0 Å². The average Bonchev–Trinajstić information content (AvgIpc) is 2.65. The highest BCUT2D eigenvalue weighted by Crippen LogP contribution is 2.34. The summed E-state index contributed by atoms with van der Waals surface area (Å²) in [5, 5.41) is 8.88. The third-order valence-electron chi connectivity index (χ3n) is 2.74. The zero-order valence-electron chi connectivity index (χ0n) is 11.6. The molecule has 0 bridgehead atoms. The molecule has 2 N–H and O–H groups in total. The molecular weight excluding hydrogens is 357 g/mol. The number of aliphatic carboxylic acids is 1. The quantitative estimate of drug-likeness (QED) is 0.730. The molecule has 0 fully saturated rings. The highest BCUT2D eigenvalue weighted by molar-refractivity contribution is 7.89. The molecule has 1 atom stereocenters. The highest BCUT2D eigenvalue weighted by atomic mass is 35.5. The van der Waals surface area contributed by atoms with E-state index in [0.717, 1.165) is 11.3 Å². The Morgan fingerprint density at radius 1 is 1.43 bits per heavy atom. The molecule has 0 unspecified atom stereocenters. The van der Waals surface area contributed by atoms with Crippen LogP contribution in [0.1, 0.15) is 26.7 Å². The summed E-state index contributed by atoms with van der Waals surface area (Å²) >= 11 is 12.5. The summed E-state index contributed by atoms with van der Waals surface area (Å²) < 4.78 is 27.1. The van der Waals surface area contributed by atoms with Crippen molar-refractivity contribution < 1.29 is 18.3 Å². The van der Waals surface area contributed by atoms with Gasteiger partial charge in [0.2, 0.25) is 10.0 Å². The fourth-order valence-electron chi connectivity index (χ4n) is 1.97. The van der Waals surface area contributed by atoms with Crippen molar-refractivity contribution in [2.24, 2.45) is 11.8 Å². The topological polar surface area (TPSA) is 83.5 Å². The summed E-state index contributed by atoms with van der Waals surface area (Å²) in [6, 6.07) is 1.28. The first-order valence-electron chi connectivity index (χ1n) is 6.28. The number of carboxylic acid groups (broad SMARTS) is 1. The molecule has 21 heavy (non-hydrogen) atoms. The number of thiophene rings is 1. The molecule has 0 saturated heterocycles. The van der Waals surface area contributed by atoms with Gasteiger partial charge in [-0.1, -0.05) is 37.0 Å². The van der Waals surface area contributed by atoms with E-state index in [-0.39, 0.29) is 38.4 Å². The van der Waals surface area contributed by atoms with Crippen molar-refractivity contribution in [1.82, 2.24) is 4.72 Å². The predicted molar refractivity (Wildman–Crippen MR) is 84.7 cm³/mol. The van der Waals surface area contributed by atoms with Crippen LogP contribution >= 0.6 is 34.5 Å². The van der Waals surface area contributed by atoms with E-state index in [9.17, 15) is 13.2 Å². The Labute approximate surface area is 138 Å². The number of halogens is 2. The molecular formula is C12H17Cl2NO4S2. The van der Waals surface area contributed by atoms with Crippen LogP contribution in [0.2, 0.25) is 8.67 Å². The smallest absolute Gasteiger partial charge is 0.303 e. The van der Waals surface area contributed by atoms with Crippen molar-refractivity contribution >= 4 is 50.5 Å². The van der Waals surface area contributed by atoms with Crippen LogP contribution in [0.15, 0.2) is 11.0 Å². The van der Waals surface area contributed by atoms with E-state index in [1.807, 2.05) is 13.8 Å². The fourth-order valence-corrected chi connectivity index (χ4v) is 5.23. The molecule has 0 aromatic carbocycles. The first-order chi connectivity index (χ1) is 9.61. The van der Waals surface area contributed by atoms with Gasteiger partial charge in [0.25, 0.3) is 0 Å². The third kappa shape index (κ3) is 6.12. The van der Waals surface area contributed by atoms with E-state index in [2.05, 4.69) is 4.72 Å². The first-order valence-corrected chi connectivity index (χ1v) is 9.33. The van der Waals surface area contributed by atoms with Gasteiger partial charge in [-0.25, -0.2) is 13.1 Å². The molecule has 0 aliphatic carbocycles. The van der Waals surface area contributed by atoms with Crippen LogP contribution in [-0.4, -0.2) is 26.0 Å². The van der Waals surface area contributed by atoms with Gasteiger partial charge in [-0.15, -0.1) is 11.3 Å². The van der Waals surface area contributed by atoms with E-state index in [0.29, 0.717) is 6.42 Å². The largest absolute Gasteiger partial charge is 0.481 e. The summed E-state index contributed by atoms with van der Waals surface area (Å²) in [5.41, 5.74) is 0. The highest BCUT2D eigenvalue weighted by Gasteiger charge is 2.23. The van der Waals surface area contributed by atoms with Gasteiger partial charge in [-0.05, 0) is 24.3 Å². The molecule has 0 aliphatic rings. The second kappa shape index (κ2) is 7.78. The minimum atomic E-state index is -3.79. The van der Waals surface area contributed by atoms with Crippen LogP contribution in [0.4, 0.5) is 0 Å². The number of nitrogens with one attached hydrogen (secondary N) is 1. The number of rotatable bonds is 8. The molecule has 1 heterocycles. The number of hydrogen-bond acceptors (Lipinski definition) is 4. The second-order valence-corrected chi connectivity index (χ2v) is 9.15. The summed E-state index contributed by atoms with van der Waals surface area (Å²) in [5.74, 6) is -0.945. The third-order valence-corrected chi connectivity index (χ3v) is 5.92. The van der Waals surface area contributed by atoms with Gasteiger partial charge in [0.1, 0.15) is 9.23 Å². The molecule has 0 amide bonds. The van der Waals surface area contributed by atoms with E-state index >= 15 is 0 Å². The lowest BCUT2D eigenvalue weighted by atomic mass is 9.94. The zero-order valence-corrected chi connectivity index (χ0v) is 14.7. The van der Waals surface area contributed by atoms with Crippen molar-refractivity contribution in [2.45, 2.75) is 31.6 Å². The van der Waals surface area contributed by atoms with E-state index in [1.54, 1.807) is 0 Å². The molecule has 0 saturated carbocycles. The zero-order chi connectivity index (χ0) is 16.2.